The topological polar surface area (TPSA) is 23.5 Å². The molecule has 0 amide bonds. The number of nitrogens with zero attached hydrogens (tertiary/aromatic N) is 1. The molecule has 0 saturated heterocycles. The summed E-state index contributed by atoms with van der Waals surface area (Å²) in [6, 6.07) is 6.42. The molecule has 2 nitrogen and oxygen atoms in total. The zero-order chi connectivity index (χ0) is 12.1. The van der Waals surface area contributed by atoms with Crippen molar-refractivity contribution in [3.8, 4) is 0 Å². The molecule has 0 aromatic heterocycles. The Balaban J connectivity index is 2.64. The first-order valence-electron chi connectivity index (χ1n) is 5.62. The highest BCUT2D eigenvalue weighted by Crippen LogP contribution is 2.17. The molecule has 0 bridgehead atoms. The van der Waals surface area contributed by atoms with Crippen LogP contribution in [0.4, 0.5) is 10.1 Å². The lowest BCUT2D eigenvalue weighted by Crippen LogP contribution is -2.30. The Morgan fingerprint density at radius 2 is 1.81 bits per heavy atom. The highest BCUT2D eigenvalue weighted by Gasteiger charge is 2.14. The van der Waals surface area contributed by atoms with Crippen molar-refractivity contribution < 1.29 is 9.50 Å². The second kappa shape index (κ2) is 5.85. The highest BCUT2D eigenvalue weighted by molar-refractivity contribution is 5.45. The van der Waals surface area contributed by atoms with Crippen molar-refractivity contribution in [2.24, 2.45) is 11.8 Å². The molecular weight excluding hydrogens is 205 g/mol. The van der Waals surface area contributed by atoms with Gasteiger partial charge in [0.15, 0.2) is 0 Å². The fraction of sp³-hybridized carbons (Fsp3) is 0.538. The predicted octanol–water partition coefficient (Wildman–Crippen LogP) is 2.53. The Bertz CT molecular complexity index is 310. The van der Waals surface area contributed by atoms with E-state index in [1.54, 1.807) is 12.1 Å². The SMILES string of the molecule is CC(C)C(CO)CN(C)c1ccc(F)cc1. The molecule has 16 heavy (non-hydrogen) atoms. The van der Waals surface area contributed by atoms with E-state index >= 15 is 0 Å². The summed E-state index contributed by atoms with van der Waals surface area (Å²) in [5, 5.41) is 9.25. The van der Waals surface area contributed by atoms with Crippen LogP contribution in [0.2, 0.25) is 0 Å². The van der Waals surface area contributed by atoms with Crippen LogP contribution in [0.1, 0.15) is 13.8 Å². The summed E-state index contributed by atoms with van der Waals surface area (Å²) in [7, 11) is 1.96. The fourth-order valence-electron chi connectivity index (χ4n) is 1.63. The monoisotopic (exact) mass is 225 g/mol. The smallest absolute Gasteiger partial charge is 0.123 e. The van der Waals surface area contributed by atoms with Gasteiger partial charge in [-0.25, -0.2) is 4.39 Å². The van der Waals surface area contributed by atoms with E-state index in [4.69, 9.17) is 0 Å². The maximum atomic E-state index is 12.7. The van der Waals surface area contributed by atoms with Gasteiger partial charge >= 0.3 is 0 Å². The number of anilines is 1. The molecular formula is C13H20FNO. The maximum absolute atomic E-state index is 12.7. The molecule has 1 unspecified atom stereocenters. The van der Waals surface area contributed by atoms with Crippen LogP contribution >= 0.6 is 0 Å². The Morgan fingerprint density at radius 3 is 2.25 bits per heavy atom. The molecule has 1 aromatic rings. The summed E-state index contributed by atoms with van der Waals surface area (Å²) in [4.78, 5) is 2.04. The van der Waals surface area contributed by atoms with E-state index in [2.05, 4.69) is 13.8 Å². The second-order valence-corrected chi connectivity index (χ2v) is 4.54. The first-order chi connectivity index (χ1) is 7.54. The summed E-state index contributed by atoms with van der Waals surface area (Å²) >= 11 is 0. The van der Waals surface area contributed by atoms with E-state index in [-0.39, 0.29) is 18.3 Å². The summed E-state index contributed by atoms with van der Waals surface area (Å²) in [6.45, 7) is 5.15. The summed E-state index contributed by atoms with van der Waals surface area (Å²) in [5.41, 5.74) is 0.973. The average Bonchev–Trinajstić information content (AvgIpc) is 2.26. The molecule has 0 saturated carbocycles. The number of hydrogen-bond donors (Lipinski definition) is 1. The van der Waals surface area contributed by atoms with Crippen molar-refractivity contribution in [2.75, 3.05) is 25.1 Å². The third-order valence-electron chi connectivity index (χ3n) is 2.95. The van der Waals surface area contributed by atoms with Gasteiger partial charge in [-0.15, -0.1) is 0 Å². The Labute approximate surface area is 96.7 Å². The van der Waals surface area contributed by atoms with Crippen LogP contribution in [0.25, 0.3) is 0 Å². The minimum atomic E-state index is -0.222. The zero-order valence-electron chi connectivity index (χ0n) is 10.2. The number of halogens is 1. The molecule has 0 radical (unpaired) electrons. The van der Waals surface area contributed by atoms with Crippen molar-refractivity contribution in [1.82, 2.24) is 0 Å². The molecule has 1 rings (SSSR count). The molecule has 90 valence electrons. The number of benzene rings is 1. The molecule has 0 fully saturated rings. The van der Waals surface area contributed by atoms with Crippen LogP contribution in [0.15, 0.2) is 24.3 Å². The fourth-order valence-corrected chi connectivity index (χ4v) is 1.63. The minimum Gasteiger partial charge on any atom is -0.396 e. The Morgan fingerprint density at radius 1 is 1.25 bits per heavy atom. The Hall–Kier alpha value is -1.09. The normalized spacial score (nSPS) is 12.9. The highest BCUT2D eigenvalue weighted by atomic mass is 19.1. The zero-order valence-corrected chi connectivity index (χ0v) is 10.2. The molecule has 1 atom stereocenters. The van der Waals surface area contributed by atoms with E-state index in [1.807, 2.05) is 11.9 Å². The van der Waals surface area contributed by atoms with E-state index in [0.29, 0.717) is 5.92 Å². The van der Waals surface area contributed by atoms with Gasteiger partial charge in [-0.1, -0.05) is 13.8 Å². The lowest BCUT2D eigenvalue weighted by atomic mass is 9.96. The van der Waals surface area contributed by atoms with Crippen molar-refractivity contribution in [2.45, 2.75) is 13.8 Å². The van der Waals surface area contributed by atoms with E-state index in [9.17, 15) is 9.50 Å². The third-order valence-corrected chi connectivity index (χ3v) is 2.95. The van der Waals surface area contributed by atoms with E-state index in [1.165, 1.54) is 12.1 Å². The molecule has 0 aliphatic carbocycles. The van der Waals surface area contributed by atoms with Gasteiger partial charge in [-0.05, 0) is 30.2 Å². The average molecular weight is 225 g/mol. The number of rotatable bonds is 5. The minimum absolute atomic E-state index is 0.184. The van der Waals surface area contributed by atoms with Gasteiger partial charge in [0.05, 0.1) is 0 Å². The molecule has 0 heterocycles. The Kier molecular flexibility index (Phi) is 4.74. The lowest BCUT2D eigenvalue weighted by molar-refractivity contribution is 0.193. The van der Waals surface area contributed by atoms with Crippen molar-refractivity contribution in [3.63, 3.8) is 0 Å². The van der Waals surface area contributed by atoms with Crippen LogP contribution < -0.4 is 4.90 Å². The summed E-state index contributed by atoms with van der Waals surface area (Å²) in [5.74, 6) is 0.461. The third kappa shape index (κ3) is 3.49. The van der Waals surface area contributed by atoms with Gasteiger partial charge in [-0.3, -0.25) is 0 Å². The van der Waals surface area contributed by atoms with Crippen LogP contribution in [0.3, 0.4) is 0 Å². The van der Waals surface area contributed by atoms with E-state index < -0.39 is 0 Å². The molecule has 1 aromatic carbocycles. The van der Waals surface area contributed by atoms with Crippen molar-refractivity contribution in [1.29, 1.82) is 0 Å². The van der Waals surface area contributed by atoms with Gasteiger partial charge in [-0.2, -0.15) is 0 Å². The first-order valence-corrected chi connectivity index (χ1v) is 5.62. The quantitative estimate of drug-likeness (QED) is 0.832. The predicted molar refractivity (Wildman–Crippen MR) is 65.1 cm³/mol. The van der Waals surface area contributed by atoms with Crippen LogP contribution in [0, 0.1) is 17.7 Å². The van der Waals surface area contributed by atoms with Gasteiger partial charge in [0.1, 0.15) is 5.82 Å². The summed E-state index contributed by atoms with van der Waals surface area (Å²) in [6.07, 6.45) is 0. The summed E-state index contributed by atoms with van der Waals surface area (Å²) < 4.78 is 12.7. The molecule has 3 heteroatoms. The van der Waals surface area contributed by atoms with Gasteiger partial charge < -0.3 is 10.0 Å². The maximum Gasteiger partial charge on any atom is 0.123 e. The number of aliphatic hydroxyl groups is 1. The number of aliphatic hydroxyl groups excluding tert-OH is 1. The van der Waals surface area contributed by atoms with Crippen LogP contribution in [-0.4, -0.2) is 25.3 Å². The number of hydrogen-bond acceptors (Lipinski definition) is 2. The van der Waals surface area contributed by atoms with Crippen molar-refractivity contribution >= 4 is 5.69 Å². The van der Waals surface area contributed by atoms with Gasteiger partial charge in [0, 0.05) is 31.8 Å². The molecule has 1 N–H and O–H groups in total. The largest absolute Gasteiger partial charge is 0.396 e. The lowest BCUT2D eigenvalue weighted by Gasteiger charge is -2.26. The van der Waals surface area contributed by atoms with Gasteiger partial charge in [0.2, 0.25) is 0 Å². The standard InChI is InChI=1S/C13H20FNO/c1-10(2)11(9-16)8-15(3)13-6-4-12(14)5-7-13/h4-7,10-11,16H,8-9H2,1-3H3. The molecule has 0 aliphatic heterocycles. The van der Waals surface area contributed by atoms with E-state index in [0.717, 1.165) is 12.2 Å². The van der Waals surface area contributed by atoms with Gasteiger partial charge in [0.25, 0.3) is 0 Å². The van der Waals surface area contributed by atoms with Crippen LogP contribution in [-0.2, 0) is 0 Å². The first kappa shape index (κ1) is 13.0. The second-order valence-electron chi connectivity index (χ2n) is 4.54. The molecule has 0 aliphatic rings. The van der Waals surface area contributed by atoms with Crippen LogP contribution in [0.5, 0.6) is 0 Å². The van der Waals surface area contributed by atoms with Crippen molar-refractivity contribution in [3.05, 3.63) is 30.1 Å². The molecule has 0 spiro atoms.